The van der Waals surface area contributed by atoms with Crippen LogP contribution in [0.5, 0.6) is 0 Å². The number of hydrogen-bond acceptors (Lipinski definition) is 6. The molecule has 9 heteroatoms. The number of benzene rings is 1. The van der Waals surface area contributed by atoms with E-state index < -0.39 is 11.9 Å². The van der Waals surface area contributed by atoms with Crippen LogP contribution in [0.25, 0.3) is 17.4 Å². The lowest BCUT2D eigenvalue weighted by Gasteiger charge is -2.06. The van der Waals surface area contributed by atoms with E-state index in [2.05, 4.69) is 37.2 Å². The second-order valence-electron chi connectivity index (χ2n) is 6.66. The van der Waals surface area contributed by atoms with Crippen molar-refractivity contribution < 1.29 is 18.7 Å². The van der Waals surface area contributed by atoms with Gasteiger partial charge >= 0.3 is 5.97 Å². The molecule has 0 fully saturated rings. The normalized spacial score (nSPS) is 11.2. The first-order valence-electron chi connectivity index (χ1n) is 9.50. The monoisotopic (exact) mass is 576 g/mol. The molecule has 1 N–H and O–H groups in total. The van der Waals surface area contributed by atoms with Crippen molar-refractivity contribution in [2.24, 2.45) is 0 Å². The number of nitriles is 1. The van der Waals surface area contributed by atoms with Crippen LogP contribution in [-0.2, 0) is 9.53 Å². The lowest BCUT2D eigenvalue weighted by atomic mass is 10.1. The Morgan fingerprint density at radius 1 is 1.25 bits per heavy atom. The molecule has 0 atom stereocenters. The van der Waals surface area contributed by atoms with Crippen LogP contribution in [0.2, 0.25) is 0 Å². The van der Waals surface area contributed by atoms with Crippen LogP contribution in [0.3, 0.4) is 0 Å². The van der Waals surface area contributed by atoms with Crippen LogP contribution in [-0.4, -0.2) is 18.5 Å². The number of carbonyl (C=O) groups is 2. The van der Waals surface area contributed by atoms with Gasteiger partial charge in [-0.3, -0.25) is 4.79 Å². The molecule has 2 aromatic heterocycles. The smallest absolute Gasteiger partial charge is 0.341 e. The first-order valence-corrected chi connectivity index (χ1v) is 11.9. The molecule has 1 amide bonds. The number of hydrogen-bond donors (Lipinski definition) is 1. The molecule has 2 heterocycles. The fraction of sp³-hybridized carbons (Fsp3) is 0.174. The quantitative estimate of drug-likeness (QED) is 0.196. The largest absolute Gasteiger partial charge is 0.462 e. The molecule has 32 heavy (non-hydrogen) atoms. The zero-order valence-corrected chi connectivity index (χ0v) is 21.4. The van der Waals surface area contributed by atoms with Gasteiger partial charge in [0.2, 0.25) is 0 Å². The van der Waals surface area contributed by atoms with Crippen molar-refractivity contribution in [1.82, 2.24) is 0 Å². The zero-order valence-electron chi connectivity index (χ0n) is 17.4. The van der Waals surface area contributed by atoms with Gasteiger partial charge in [0, 0.05) is 25.5 Å². The second-order valence-corrected chi connectivity index (χ2v) is 9.65. The number of nitrogens with one attached hydrogen (secondary N) is 1. The lowest BCUT2D eigenvalue weighted by Crippen LogP contribution is -2.16. The topological polar surface area (TPSA) is 92.3 Å². The number of aryl methyl sites for hydroxylation is 1. The number of amides is 1. The first-order chi connectivity index (χ1) is 15.2. The van der Waals surface area contributed by atoms with Crippen molar-refractivity contribution in [1.29, 1.82) is 5.26 Å². The predicted molar refractivity (Wildman–Crippen MR) is 132 cm³/mol. The number of thiophene rings is 1. The molecular weight excluding hydrogens is 560 g/mol. The SMILES string of the molecule is CCOC(=O)c1c(NC(=O)/C(C#N)=C\c2ccc(-c3cc(Br)ccc3Br)o2)sc(C)c1C. The van der Waals surface area contributed by atoms with Gasteiger partial charge in [0.15, 0.2) is 0 Å². The predicted octanol–water partition coefficient (Wildman–Crippen LogP) is 6.87. The van der Waals surface area contributed by atoms with Crippen molar-refractivity contribution >= 4 is 66.2 Å². The molecule has 0 aliphatic heterocycles. The highest BCUT2D eigenvalue weighted by atomic mass is 79.9. The number of rotatable bonds is 6. The average molecular weight is 578 g/mol. The second kappa shape index (κ2) is 10.3. The van der Waals surface area contributed by atoms with Crippen LogP contribution >= 0.6 is 43.2 Å². The number of esters is 1. The Morgan fingerprint density at radius 3 is 2.69 bits per heavy atom. The molecule has 1 aromatic carbocycles. The van der Waals surface area contributed by atoms with Gasteiger partial charge in [-0.1, -0.05) is 31.9 Å². The molecule has 6 nitrogen and oxygen atoms in total. The summed E-state index contributed by atoms with van der Waals surface area (Å²) in [5.74, 6) is -0.220. The maximum Gasteiger partial charge on any atom is 0.341 e. The highest BCUT2D eigenvalue weighted by Crippen LogP contribution is 2.34. The van der Waals surface area contributed by atoms with E-state index in [4.69, 9.17) is 9.15 Å². The summed E-state index contributed by atoms with van der Waals surface area (Å²) < 4.78 is 12.7. The van der Waals surface area contributed by atoms with Crippen molar-refractivity contribution in [3.63, 3.8) is 0 Å². The molecule has 0 saturated heterocycles. The average Bonchev–Trinajstić information content (AvgIpc) is 3.32. The Morgan fingerprint density at radius 2 is 2.00 bits per heavy atom. The Hall–Kier alpha value is -2.67. The third kappa shape index (κ3) is 5.21. The Balaban J connectivity index is 1.87. The van der Waals surface area contributed by atoms with Crippen LogP contribution < -0.4 is 5.32 Å². The van der Waals surface area contributed by atoms with Gasteiger partial charge in [-0.05, 0) is 56.7 Å². The molecule has 0 aliphatic rings. The van der Waals surface area contributed by atoms with Gasteiger partial charge in [0.1, 0.15) is 28.2 Å². The molecule has 3 aromatic rings. The highest BCUT2D eigenvalue weighted by molar-refractivity contribution is 9.11. The number of furan rings is 1. The lowest BCUT2D eigenvalue weighted by molar-refractivity contribution is -0.112. The standard InChI is InChI=1S/C23H18Br2N2O4S/c1-4-30-23(29)20-12(2)13(3)32-22(20)27-21(28)14(11-26)9-16-6-8-19(31-16)17-10-15(24)5-7-18(17)25/h5-10H,4H2,1-3H3,(H,27,28)/b14-9-. The van der Waals surface area contributed by atoms with E-state index in [0.717, 1.165) is 24.9 Å². The Bertz CT molecular complexity index is 1270. The maximum atomic E-state index is 12.8. The fourth-order valence-electron chi connectivity index (χ4n) is 2.89. The minimum absolute atomic E-state index is 0.155. The van der Waals surface area contributed by atoms with Gasteiger partial charge in [-0.25, -0.2) is 4.79 Å². The van der Waals surface area contributed by atoms with E-state index in [1.54, 1.807) is 26.0 Å². The number of anilines is 1. The van der Waals surface area contributed by atoms with Crippen LogP contribution in [0.1, 0.15) is 33.5 Å². The van der Waals surface area contributed by atoms with E-state index in [0.29, 0.717) is 22.1 Å². The molecule has 0 aliphatic carbocycles. The molecule has 3 rings (SSSR count). The van der Waals surface area contributed by atoms with E-state index in [9.17, 15) is 14.9 Å². The summed E-state index contributed by atoms with van der Waals surface area (Å²) in [6.45, 7) is 5.58. The minimum Gasteiger partial charge on any atom is -0.462 e. The van der Waals surface area contributed by atoms with E-state index in [1.165, 1.54) is 17.4 Å². The molecule has 164 valence electrons. The summed E-state index contributed by atoms with van der Waals surface area (Å²) in [6.07, 6.45) is 1.36. The van der Waals surface area contributed by atoms with E-state index in [1.807, 2.05) is 31.2 Å². The summed E-state index contributed by atoms with van der Waals surface area (Å²) in [5, 5.41) is 12.6. The number of halogens is 2. The summed E-state index contributed by atoms with van der Waals surface area (Å²) in [5.41, 5.74) is 1.71. The van der Waals surface area contributed by atoms with Crippen LogP contribution in [0.4, 0.5) is 5.00 Å². The van der Waals surface area contributed by atoms with Gasteiger partial charge < -0.3 is 14.5 Å². The number of carbonyl (C=O) groups excluding carboxylic acids is 2. The number of nitrogens with zero attached hydrogens (tertiary/aromatic N) is 1. The highest BCUT2D eigenvalue weighted by Gasteiger charge is 2.23. The van der Waals surface area contributed by atoms with Crippen molar-refractivity contribution in [3.8, 4) is 17.4 Å². The first kappa shape index (κ1) is 24.0. The van der Waals surface area contributed by atoms with E-state index in [-0.39, 0.29) is 12.2 Å². The summed E-state index contributed by atoms with van der Waals surface area (Å²) in [7, 11) is 0. The van der Waals surface area contributed by atoms with Crippen LogP contribution in [0, 0.1) is 25.2 Å². The van der Waals surface area contributed by atoms with Crippen molar-refractivity contribution in [2.45, 2.75) is 20.8 Å². The molecule has 0 radical (unpaired) electrons. The van der Waals surface area contributed by atoms with Gasteiger partial charge in [0.05, 0.1) is 12.2 Å². The Kier molecular flexibility index (Phi) is 7.72. The third-order valence-corrected chi connectivity index (χ3v) is 6.87. The molecule has 0 spiro atoms. The molecule has 0 unspecified atom stereocenters. The fourth-order valence-corrected chi connectivity index (χ4v) is 4.73. The third-order valence-electron chi connectivity index (χ3n) is 4.56. The molecular formula is C23H18Br2N2O4S. The van der Waals surface area contributed by atoms with Crippen molar-refractivity contribution in [2.75, 3.05) is 11.9 Å². The molecule has 0 bridgehead atoms. The van der Waals surface area contributed by atoms with Gasteiger partial charge in [-0.2, -0.15) is 5.26 Å². The van der Waals surface area contributed by atoms with Gasteiger partial charge in [-0.15, -0.1) is 11.3 Å². The summed E-state index contributed by atoms with van der Waals surface area (Å²) in [4.78, 5) is 26.0. The number of ether oxygens (including phenoxy) is 1. The van der Waals surface area contributed by atoms with Crippen LogP contribution in [0.15, 0.2) is 49.3 Å². The van der Waals surface area contributed by atoms with E-state index >= 15 is 0 Å². The maximum absolute atomic E-state index is 12.8. The summed E-state index contributed by atoms with van der Waals surface area (Å²) in [6, 6.07) is 11.0. The molecule has 0 saturated carbocycles. The van der Waals surface area contributed by atoms with Gasteiger partial charge in [0.25, 0.3) is 5.91 Å². The Labute approximate surface area is 206 Å². The van der Waals surface area contributed by atoms with Crippen molar-refractivity contribution in [3.05, 3.63) is 66.6 Å². The minimum atomic E-state index is -0.638. The summed E-state index contributed by atoms with van der Waals surface area (Å²) >= 11 is 8.18. The zero-order chi connectivity index (χ0) is 23.4.